The first-order chi connectivity index (χ1) is 5.24. The van der Waals surface area contributed by atoms with Crippen molar-refractivity contribution in [2.75, 3.05) is 0 Å². The highest BCUT2D eigenvalue weighted by atomic mass is 32.1. The Morgan fingerprint density at radius 2 is 2.45 bits per heavy atom. The summed E-state index contributed by atoms with van der Waals surface area (Å²) in [6.45, 7) is 2.13. The van der Waals surface area contributed by atoms with Crippen LogP contribution in [0.2, 0.25) is 0 Å². The third kappa shape index (κ3) is 2.26. The summed E-state index contributed by atoms with van der Waals surface area (Å²) in [6, 6.07) is 0. The first kappa shape index (κ1) is 8.65. The lowest BCUT2D eigenvalue weighted by molar-refractivity contribution is -0.133. The molecule has 0 aromatic rings. The number of carbonyl (C=O) groups excluding carboxylic acids is 1. The molecule has 0 spiro atoms. The maximum Gasteiger partial charge on any atom is 0.312 e. The molecule has 1 aliphatic rings. The topological polar surface area (TPSA) is 26.3 Å². The molecule has 0 N–H and O–H groups in total. The Hall–Kier alpha value is -0.440. The monoisotopic (exact) mass is 172 g/mol. The number of hydrogen-bond donors (Lipinski definition) is 0. The second-order valence-corrected chi connectivity index (χ2v) is 3.24. The molecule has 1 saturated heterocycles. The number of rotatable bonds is 3. The summed E-state index contributed by atoms with van der Waals surface area (Å²) in [5.74, 6) is 0.0635. The smallest absolute Gasteiger partial charge is 0.312 e. The van der Waals surface area contributed by atoms with E-state index in [2.05, 4.69) is 6.92 Å². The first-order valence-corrected chi connectivity index (χ1v) is 4.39. The number of ether oxygens (including phenoxy) is 1. The number of esters is 1. The summed E-state index contributed by atoms with van der Waals surface area (Å²) >= 11 is 4.89. The second kappa shape index (κ2) is 3.81. The molecule has 1 aliphatic heterocycles. The Kier molecular flexibility index (Phi) is 3.00. The Morgan fingerprint density at radius 3 is 2.91 bits per heavy atom. The molecule has 11 heavy (non-hydrogen) atoms. The van der Waals surface area contributed by atoms with Crippen molar-refractivity contribution in [1.82, 2.24) is 0 Å². The summed E-state index contributed by atoms with van der Waals surface area (Å²) in [6.07, 6.45) is 3.77. The largest absolute Gasteiger partial charge is 0.419 e. The lowest BCUT2D eigenvalue weighted by Gasteiger charge is -2.02. The van der Waals surface area contributed by atoms with Gasteiger partial charge in [-0.3, -0.25) is 4.79 Å². The Labute approximate surface area is 71.9 Å². The minimum Gasteiger partial charge on any atom is -0.419 e. The minimum atomic E-state index is -0.156. The van der Waals surface area contributed by atoms with Crippen LogP contribution >= 0.6 is 12.2 Å². The summed E-state index contributed by atoms with van der Waals surface area (Å²) in [7, 11) is 0. The van der Waals surface area contributed by atoms with Crippen LogP contribution in [0.15, 0.2) is 0 Å². The highest BCUT2D eigenvalue weighted by Crippen LogP contribution is 2.22. The molecule has 2 nitrogen and oxygen atoms in total. The third-order valence-corrected chi connectivity index (χ3v) is 2.28. The van der Waals surface area contributed by atoms with Gasteiger partial charge in [0, 0.05) is 5.92 Å². The standard InChI is InChI=1S/C8H12O2S/c1-2-3-4-6-5-7(9)10-8(6)11/h6H,2-5H2,1H3. The first-order valence-electron chi connectivity index (χ1n) is 3.98. The molecule has 0 aromatic carbocycles. The molecule has 0 bridgehead atoms. The number of thiocarbonyl (C=S) groups is 1. The van der Waals surface area contributed by atoms with Gasteiger partial charge in [-0.05, 0) is 18.6 Å². The summed E-state index contributed by atoms with van der Waals surface area (Å²) in [5.41, 5.74) is 0. The quantitative estimate of drug-likeness (QED) is 0.481. The van der Waals surface area contributed by atoms with Crippen LogP contribution in [0.5, 0.6) is 0 Å². The molecule has 1 fully saturated rings. The zero-order valence-electron chi connectivity index (χ0n) is 6.63. The lowest BCUT2D eigenvalue weighted by Crippen LogP contribution is -2.04. The van der Waals surface area contributed by atoms with Crippen molar-refractivity contribution < 1.29 is 9.53 Å². The van der Waals surface area contributed by atoms with Crippen molar-refractivity contribution >= 4 is 23.2 Å². The fourth-order valence-corrected chi connectivity index (χ4v) is 1.49. The molecule has 0 aromatic heterocycles. The number of carbonyl (C=O) groups is 1. The molecule has 3 heteroatoms. The lowest BCUT2D eigenvalue weighted by atomic mass is 10.0. The minimum absolute atomic E-state index is 0.156. The van der Waals surface area contributed by atoms with Gasteiger partial charge in [0.15, 0.2) is 5.05 Å². The molecule has 62 valence electrons. The SMILES string of the molecule is CCCCC1CC(=O)OC1=S. The van der Waals surface area contributed by atoms with Crippen LogP contribution in [0.4, 0.5) is 0 Å². The highest BCUT2D eigenvalue weighted by molar-refractivity contribution is 7.80. The van der Waals surface area contributed by atoms with Gasteiger partial charge >= 0.3 is 5.97 Å². The van der Waals surface area contributed by atoms with Crippen LogP contribution in [-0.4, -0.2) is 11.0 Å². The van der Waals surface area contributed by atoms with Crippen LogP contribution in [0, 0.1) is 5.92 Å². The summed E-state index contributed by atoms with van der Waals surface area (Å²) < 4.78 is 4.76. The van der Waals surface area contributed by atoms with Crippen molar-refractivity contribution in [3.8, 4) is 0 Å². The van der Waals surface area contributed by atoms with Gasteiger partial charge in [0.1, 0.15) is 0 Å². The molecular formula is C8H12O2S. The molecule has 1 atom stereocenters. The molecular weight excluding hydrogens is 160 g/mol. The van der Waals surface area contributed by atoms with Crippen molar-refractivity contribution in [3.63, 3.8) is 0 Å². The van der Waals surface area contributed by atoms with Gasteiger partial charge in [0.2, 0.25) is 0 Å². The Morgan fingerprint density at radius 1 is 1.73 bits per heavy atom. The molecule has 1 unspecified atom stereocenters. The van der Waals surface area contributed by atoms with Crippen molar-refractivity contribution in [1.29, 1.82) is 0 Å². The van der Waals surface area contributed by atoms with E-state index in [0.717, 1.165) is 19.3 Å². The predicted octanol–water partition coefficient (Wildman–Crippen LogP) is 2.07. The zero-order chi connectivity index (χ0) is 8.27. The van der Waals surface area contributed by atoms with E-state index in [0.29, 0.717) is 11.5 Å². The van der Waals surface area contributed by atoms with E-state index in [1.807, 2.05) is 0 Å². The van der Waals surface area contributed by atoms with Crippen LogP contribution in [-0.2, 0) is 9.53 Å². The van der Waals surface area contributed by atoms with Crippen molar-refractivity contribution in [2.24, 2.45) is 5.92 Å². The average Bonchev–Trinajstić information content (AvgIpc) is 2.26. The zero-order valence-corrected chi connectivity index (χ0v) is 7.45. The molecule has 0 saturated carbocycles. The van der Waals surface area contributed by atoms with Crippen molar-refractivity contribution in [2.45, 2.75) is 32.6 Å². The van der Waals surface area contributed by atoms with Gasteiger partial charge in [0.05, 0.1) is 6.42 Å². The van der Waals surface area contributed by atoms with E-state index in [4.69, 9.17) is 17.0 Å². The molecule has 0 radical (unpaired) electrons. The normalized spacial score (nSPS) is 23.9. The van der Waals surface area contributed by atoms with Crippen LogP contribution in [0.25, 0.3) is 0 Å². The van der Waals surface area contributed by atoms with Gasteiger partial charge in [-0.1, -0.05) is 19.8 Å². The number of hydrogen-bond acceptors (Lipinski definition) is 3. The van der Waals surface area contributed by atoms with E-state index in [1.165, 1.54) is 0 Å². The van der Waals surface area contributed by atoms with E-state index in [1.54, 1.807) is 0 Å². The molecule has 1 heterocycles. The van der Waals surface area contributed by atoms with E-state index in [-0.39, 0.29) is 11.9 Å². The van der Waals surface area contributed by atoms with E-state index in [9.17, 15) is 4.79 Å². The number of cyclic esters (lactones) is 1. The van der Waals surface area contributed by atoms with E-state index >= 15 is 0 Å². The maximum atomic E-state index is 10.7. The van der Waals surface area contributed by atoms with Crippen LogP contribution < -0.4 is 0 Å². The fraction of sp³-hybridized carbons (Fsp3) is 0.750. The van der Waals surface area contributed by atoms with Gasteiger partial charge in [-0.15, -0.1) is 0 Å². The van der Waals surface area contributed by atoms with Gasteiger partial charge in [0.25, 0.3) is 0 Å². The molecule has 1 rings (SSSR count). The van der Waals surface area contributed by atoms with Crippen LogP contribution in [0.1, 0.15) is 32.6 Å². The number of unbranched alkanes of at least 4 members (excludes halogenated alkanes) is 1. The van der Waals surface area contributed by atoms with Crippen LogP contribution in [0.3, 0.4) is 0 Å². The second-order valence-electron chi connectivity index (χ2n) is 2.84. The van der Waals surface area contributed by atoms with Crippen molar-refractivity contribution in [3.05, 3.63) is 0 Å². The fourth-order valence-electron chi connectivity index (χ4n) is 1.19. The Bertz CT molecular complexity index is 177. The molecule has 0 aliphatic carbocycles. The van der Waals surface area contributed by atoms with Gasteiger partial charge in [-0.25, -0.2) is 0 Å². The highest BCUT2D eigenvalue weighted by Gasteiger charge is 2.28. The summed E-state index contributed by atoms with van der Waals surface area (Å²) in [5, 5.41) is 0.503. The third-order valence-electron chi connectivity index (χ3n) is 1.87. The van der Waals surface area contributed by atoms with Gasteiger partial charge < -0.3 is 4.74 Å². The van der Waals surface area contributed by atoms with E-state index < -0.39 is 0 Å². The average molecular weight is 172 g/mol. The maximum absolute atomic E-state index is 10.7. The van der Waals surface area contributed by atoms with Gasteiger partial charge in [-0.2, -0.15) is 0 Å². The Balaban J connectivity index is 2.34. The predicted molar refractivity (Wildman–Crippen MR) is 46.3 cm³/mol. The molecule has 0 amide bonds. The summed E-state index contributed by atoms with van der Waals surface area (Å²) in [4.78, 5) is 10.7.